The molecule has 8 heteroatoms. The van der Waals surface area contributed by atoms with E-state index in [1.165, 1.54) is 0 Å². The van der Waals surface area contributed by atoms with Gasteiger partial charge in [-0.1, -0.05) is 26.0 Å². The molecular formula is C24H41IN4O3. The third-order valence-electron chi connectivity index (χ3n) is 5.47. The van der Waals surface area contributed by atoms with Crippen molar-refractivity contribution in [1.82, 2.24) is 10.6 Å². The maximum Gasteiger partial charge on any atom is 0.227 e. The van der Waals surface area contributed by atoms with Gasteiger partial charge >= 0.3 is 0 Å². The molecule has 7 nitrogen and oxygen atoms in total. The van der Waals surface area contributed by atoms with Crippen LogP contribution in [0.2, 0.25) is 0 Å². The molecular weight excluding hydrogens is 519 g/mol. The van der Waals surface area contributed by atoms with Crippen molar-refractivity contribution in [2.75, 3.05) is 44.8 Å². The molecule has 1 aliphatic heterocycles. The van der Waals surface area contributed by atoms with Gasteiger partial charge in [-0.25, -0.2) is 4.99 Å². The number of nitrogens with one attached hydrogen (secondary N) is 3. The molecule has 0 aliphatic carbocycles. The minimum atomic E-state index is 0. The van der Waals surface area contributed by atoms with Crippen LogP contribution in [0.4, 0.5) is 5.69 Å². The number of carbonyl (C=O) groups excluding carboxylic acids is 1. The van der Waals surface area contributed by atoms with E-state index in [0.717, 1.165) is 82.4 Å². The fourth-order valence-corrected chi connectivity index (χ4v) is 3.25. The Hall–Kier alpha value is -1.39. The highest BCUT2D eigenvalue weighted by Crippen LogP contribution is 2.15. The van der Waals surface area contributed by atoms with Crippen LogP contribution < -0.4 is 16.0 Å². The van der Waals surface area contributed by atoms with Gasteiger partial charge in [-0.05, 0) is 56.2 Å². The van der Waals surface area contributed by atoms with Crippen LogP contribution >= 0.6 is 24.0 Å². The molecule has 2 rings (SSSR count). The summed E-state index contributed by atoms with van der Waals surface area (Å²) in [5.41, 5.74) is 1.87. The second kappa shape index (κ2) is 17.1. The monoisotopic (exact) mass is 560 g/mol. The molecule has 1 unspecified atom stereocenters. The van der Waals surface area contributed by atoms with E-state index in [-0.39, 0.29) is 35.8 Å². The third kappa shape index (κ3) is 11.5. The summed E-state index contributed by atoms with van der Waals surface area (Å²) < 4.78 is 11.2. The number of hydrogen-bond donors (Lipinski definition) is 3. The van der Waals surface area contributed by atoms with Gasteiger partial charge in [0.2, 0.25) is 5.91 Å². The second-order valence-corrected chi connectivity index (χ2v) is 8.11. The molecule has 0 radical (unpaired) electrons. The van der Waals surface area contributed by atoms with E-state index < -0.39 is 0 Å². The molecule has 182 valence electrons. The highest BCUT2D eigenvalue weighted by molar-refractivity contribution is 14.0. The first-order valence-corrected chi connectivity index (χ1v) is 11.7. The Morgan fingerprint density at radius 3 is 2.75 bits per heavy atom. The molecule has 1 amide bonds. The van der Waals surface area contributed by atoms with Crippen LogP contribution in [0.3, 0.4) is 0 Å². The number of benzene rings is 1. The predicted molar refractivity (Wildman–Crippen MR) is 142 cm³/mol. The summed E-state index contributed by atoms with van der Waals surface area (Å²) >= 11 is 0. The number of ether oxygens (including phenoxy) is 2. The number of aliphatic imine (C=N–C) groups is 1. The maximum atomic E-state index is 12.1. The normalized spacial score (nSPS) is 15.5. The van der Waals surface area contributed by atoms with Crippen LogP contribution in [0.25, 0.3) is 0 Å². The van der Waals surface area contributed by atoms with Crippen molar-refractivity contribution in [3.63, 3.8) is 0 Å². The highest BCUT2D eigenvalue weighted by atomic mass is 127. The number of halogens is 1. The average molecular weight is 561 g/mol. The summed E-state index contributed by atoms with van der Waals surface area (Å²) in [5.74, 6) is 1.50. The lowest BCUT2D eigenvalue weighted by Crippen LogP contribution is -2.38. The molecule has 1 heterocycles. The Kier molecular flexibility index (Phi) is 15.3. The first kappa shape index (κ1) is 28.6. The molecule has 1 atom stereocenters. The van der Waals surface area contributed by atoms with E-state index in [1.54, 1.807) is 0 Å². The van der Waals surface area contributed by atoms with Gasteiger partial charge in [0.15, 0.2) is 5.96 Å². The van der Waals surface area contributed by atoms with E-state index in [2.05, 4.69) is 27.9 Å². The van der Waals surface area contributed by atoms with Gasteiger partial charge < -0.3 is 25.4 Å². The Labute approximate surface area is 210 Å². The van der Waals surface area contributed by atoms with Crippen LogP contribution in [0, 0.1) is 11.8 Å². The van der Waals surface area contributed by atoms with E-state index in [1.807, 2.05) is 38.1 Å². The fraction of sp³-hybridized carbons (Fsp3) is 0.667. The van der Waals surface area contributed by atoms with Gasteiger partial charge in [-0.2, -0.15) is 0 Å². The lowest BCUT2D eigenvalue weighted by atomic mass is 10.0. The lowest BCUT2D eigenvalue weighted by molar-refractivity contribution is -0.119. The summed E-state index contributed by atoms with van der Waals surface area (Å²) in [6, 6.07) is 7.87. The molecule has 0 spiro atoms. The Morgan fingerprint density at radius 2 is 2.03 bits per heavy atom. The number of nitrogens with zero attached hydrogens (tertiary/aromatic N) is 1. The van der Waals surface area contributed by atoms with E-state index in [4.69, 9.17) is 9.47 Å². The van der Waals surface area contributed by atoms with Gasteiger partial charge in [0.25, 0.3) is 0 Å². The van der Waals surface area contributed by atoms with Gasteiger partial charge in [0.1, 0.15) is 0 Å². The van der Waals surface area contributed by atoms with Crippen LogP contribution in [0.15, 0.2) is 29.3 Å². The molecule has 0 aromatic heterocycles. The van der Waals surface area contributed by atoms with Crippen LogP contribution in [-0.2, 0) is 20.8 Å². The number of carbonyl (C=O) groups is 1. The summed E-state index contributed by atoms with van der Waals surface area (Å²) in [5, 5.41) is 9.63. The minimum Gasteiger partial charge on any atom is -0.381 e. The molecule has 1 saturated heterocycles. The topological polar surface area (TPSA) is 84.0 Å². The van der Waals surface area contributed by atoms with Gasteiger partial charge in [0.05, 0.1) is 6.54 Å². The molecule has 3 N–H and O–H groups in total. The summed E-state index contributed by atoms with van der Waals surface area (Å²) in [6.07, 6.45) is 3.98. The number of amides is 1. The third-order valence-corrected chi connectivity index (χ3v) is 5.47. The highest BCUT2D eigenvalue weighted by Gasteiger charge is 2.13. The Morgan fingerprint density at radius 1 is 1.25 bits per heavy atom. The largest absolute Gasteiger partial charge is 0.381 e. The first-order chi connectivity index (χ1) is 15.1. The number of anilines is 1. The molecule has 1 aromatic carbocycles. The second-order valence-electron chi connectivity index (χ2n) is 8.11. The van der Waals surface area contributed by atoms with Crippen LogP contribution in [0.5, 0.6) is 0 Å². The average Bonchev–Trinajstić information content (AvgIpc) is 2.80. The fourth-order valence-electron chi connectivity index (χ4n) is 3.25. The standard InChI is InChI=1S/C24H40N4O3.HI/c1-4-19(3)23(29)28-22-9-6-8-21(16-22)17-27-24(25-5-2)26-12-7-13-31-18-20-10-14-30-15-11-20;/h6,8-9,16,19-20H,4-5,7,10-15,17-18H2,1-3H3,(H,28,29)(H2,25,26,27);1H. The first-order valence-electron chi connectivity index (χ1n) is 11.7. The quantitative estimate of drug-likeness (QED) is 0.155. The zero-order valence-electron chi connectivity index (χ0n) is 19.8. The summed E-state index contributed by atoms with van der Waals surface area (Å²) in [4.78, 5) is 16.8. The molecule has 32 heavy (non-hydrogen) atoms. The number of rotatable bonds is 12. The summed E-state index contributed by atoms with van der Waals surface area (Å²) in [7, 11) is 0. The van der Waals surface area contributed by atoms with Gasteiger partial charge in [-0.3, -0.25) is 4.79 Å². The molecule has 0 bridgehead atoms. The number of guanidine groups is 1. The summed E-state index contributed by atoms with van der Waals surface area (Å²) in [6.45, 7) is 11.5. The van der Waals surface area contributed by atoms with Crippen molar-refractivity contribution in [3.05, 3.63) is 29.8 Å². The smallest absolute Gasteiger partial charge is 0.227 e. The zero-order chi connectivity index (χ0) is 22.3. The van der Waals surface area contributed by atoms with E-state index in [0.29, 0.717) is 12.5 Å². The van der Waals surface area contributed by atoms with E-state index >= 15 is 0 Å². The number of hydrogen-bond acceptors (Lipinski definition) is 4. The maximum absolute atomic E-state index is 12.1. The van der Waals surface area contributed by atoms with Crippen molar-refractivity contribution >= 4 is 41.5 Å². The van der Waals surface area contributed by atoms with Crippen molar-refractivity contribution < 1.29 is 14.3 Å². The Bertz CT molecular complexity index is 681. The zero-order valence-corrected chi connectivity index (χ0v) is 22.2. The molecule has 1 fully saturated rings. The minimum absolute atomic E-state index is 0. The van der Waals surface area contributed by atoms with E-state index in [9.17, 15) is 4.79 Å². The van der Waals surface area contributed by atoms with Crippen molar-refractivity contribution in [1.29, 1.82) is 0 Å². The van der Waals surface area contributed by atoms with Crippen molar-refractivity contribution in [2.24, 2.45) is 16.8 Å². The van der Waals surface area contributed by atoms with Crippen LogP contribution in [0.1, 0.15) is 52.0 Å². The molecule has 1 aliphatic rings. The van der Waals surface area contributed by atoms with Crippen molar-refractivity contribution in [2.45, 2.75) is 53.0 Å². The molecule has 1 aromatic rings. The predicted octanol–water partition coefficient (Wildman–Crippen LogP) is 4.18. The lowest BCUT2D eigenvalue weighted by Gasteiger charge is -2.21. The van der Waals surface area contributed by atoms with Crippen molar-refractivity contribution in [3.8, 4) is 0 Å². The Balaban J connectivity index is 0.00000512. The van der Waals surface area contributed by atoms with Crippen LogP contribution in [-0.4, -0.2) is 51.4 Å². The van der Waals surface area contributed by atoms with Gasteiger partial charge in [0, 0.05) is 51.1 Å². The SMILES string of the molecule is CCNC(=NCc1cccc(NC(=O)C(C)CC)c1)NCCCOCC1CCOCC1.I. The molecule has 0 saturated carbocycles. The van der Waals surface area contributed by atoms with Gasteiger partial charge in [-0.15, -0.1) is 24.0 Å².